The van der Waals surface area contributed by atoms with Crippen molar-refractivity contribution in [3.05, 3.63) is 94.6 Å². The summed E-state index contributed by atoms with van der Waals surface area (Å²) in [5.74, 6) is -9.28. The molecule has 1 heterocycles. The number of aromatic nitrogens is 1. The molecule has 3 aromatic rings. The van der Waals surface area contributed by atoms with Crippen LogP contribution >= 0.6 is 0 Å². The highest BCUT2D eigenvalue weighted by molar-refractivity contribution is 7.89. The molecule has 2 aromatic carbocycles. The lowest BCUT2D eigenvalue weighted by molar-refractivity contribution is 0.000689. The van der Waals surface area contributed by atoms with Crippen LogP contribution in [0.3, 0.4) is 0 Å². The normalized spacial score (nSPS) is 12.8. The number of benzene rings is 2. The highest BCUT2D eigenvalue weighted by Crippen LogP contribution is 2.27. The van der Waals surface area contributed by atoms with Crippen molar-refractivity contribution < 1.29 is 40.7 Å². The van der Waals surface area contributed by atoms with E-state index in [1.165, 1.54) is 30.3 Å². The molecule has 0 amide bonds. The average Bonchev–Trinajstić information content (AvgIpc) is 2.80. The molecule has 1 atom stereocenters. The number of sulfonamides is 1. The lowest BCUT2D eigenvalue weighted by atomic mass is 10.1. The van der Waals surface area contributed by atoms with E-state index < -0.39 is 63.5 Å². The quantitative estimate of drug-likeness (QED) is 0.112. The molecule has 1 aromatic heterocycles. The molecule has 1 unspecified atom stereocenters. The van der Waals surface area contributed by atoms with Crippen molar-refractivity contribution >= 4 is 10.0 Å². The Morgan fingerprint density at radius 1 is 0.909 bits per heavy atom. The largest absolute Gasteiger partial charge is 0.372 e. The van der Waals surface area contributed by atoms with Crippen molar-refractivity contribution in [1.82, 2.24) is 14.8 Å². The minimum atomic E-state index is -4.94. The van der Waals surface area contributed by atoms with Crippen molar-refractivity contribution in [2.45, 2.75) is 24.2 Å². The van der Waals surface area contributed by atoms with Crippen molar-refractivity contribution in [2.24, 2.45) is 0 Å². The molecule has 0 aliphatic rings. The van der Waals surface area contributed by atoms with E-state index in [0.29, 0.717) is 9.87 Å². The number of pyridine rings is 1. The number of aliphatic hydroxyl groups is 1. The second-order valence-corrected chi connectivity index (χ2v) is 8.74. The van der Waals surface area contributed by atoms with Crippen molar-refractivity contribution in [3.8, 4) is 0 Å². The van der Waals surface area contributed by atoms with E-state index in [-0.39, 0.29) is 17.2 Å². The number of rotatable bonds is 8. The third-order valence-corrected chi connectivity index (χ3v) is 6.40. The number of nitrogens with one attached hydrogen (secondary N) is 1. The van der Waals surface area contributed by atoms with Gasteiger partial charge in [0.15, 0.2) is 29.5 Å². The van der Waals surface area contributed by atoms with Crippen LogP contribution in [0.15, 0.2) is 53.6 Å². The smallest absolute Gasteiger partial charge is 0.246 e. The molecule has 0 spiro atoms. The van der Waals surface area contributed by atoms with Crippen LogP contribution in [0.5, 0.6) is 0 Å². The molecule has 33 heavy (non-hydrogen) atoms. The van der Waals surface area contributed by atoms with Gasteiger partial charge in [-0.3, -0.25) is 0 Å². The van der Waals surface area contributed by atoms with Crippen LogP contribution in [-0.4, -0.2) is 28.0 Å². The molecule has 176 valence electrons. The van der Waals surface area contributed by atoms with Gasteiger partial charge in [0.2, 0.25) is 16.0 Å². The van der Waals surface area contributed by atoms with Gasteiger partial charge in [0, 0.05) is 25.4 Å². The molecule has 0 saturated heterocycles. The molecule has 0 fully saturated rings. The molecule has 0 bridgehead atoms. The van der Waals surface area contributed by atoms with E-state index in [1.807, 2.05) is 0 Å². The summed E-state index contributed by atoms with van der Waals surface area (Å²) in [5.41, 5.74) is 2.31. The summed E-state index contributed by atoms with van der Waals surface area (Å²) in [6.45, 7) is -0.957. The van der Waals surface area contributed by atoms with Gasteiger partial charge in [0.05, 0.1) is 0 Å². The Kier molecular flexibility index (Phi) is 7.39. The number of nitrogens with zero attached hydrogens (tertiary/aromatic N) is 2. The maximum Gasteiger partial charge on any atom is 0.246 e. The summed E-state index contributed by atoms with van der Waals surface area (Å²) in [4.78, 5) is 1.98. The van der Waals surface area contributed by atoms with E-state index in [0.717, 1.165) is 12.3 Å². The fraction of sp³-hybridized carbons (Fsp3) is 0.150. The number of hydrogen-bond acceptors (Lipinski definition) is 6. The van der Waals surface area contributed by atoms with Gasteiger partial charge in [0.1, 0.15) is 4.90 Å². The van der Waals surface area contributed by atoms with E-state index in [2.05, 4.69) is 4.98 Å². The maximum absolute atomic E-state index is 14.3. The van der Waals surface area contributed by atoms with Gasteiger partial charge in [0.25, 0.3) is 0 Å². The predicted octanol–water partition coefficient (Wildman–Crippen LogP) is 3.14. The standard InChI is InChI=1S/C20H16F5N3O4S/c21-14-7-15(18(24)19(25)17(14)23)33(31,32)28(10-12-3-6-16(22)26-8-12)9-11-1-4-13(5-2-11)20(29)27-30/h1-8,20,27,29-30H,9-10H2. The first-order chi connectivity index (χ1) is 15.5. The summed E-state index contributed by atoms with van der Waals surface area (Å²) in [6, 6.07) is 7.66. The van der Waals surface area contributed by atoms with Crippen LogP contribution in [-0.2, 0) is 23.1 Å². The third kappa shape index (κ3) is 5.34. The summed E-state index contributed by atoms with van der Waals surface area (Å²) >= 11 is 0. The summed E-state index contributed by atoms with van der Waals surface area (Å²) in [7, 11) is -4.94. The molecule has 0 saturated carbocycles. The molecule has 13 heteroatoms. The van der Waals surface area contributed by atoms with Gasteiger partial charge in [-0.25, -0.2) is 31.0 Å². The van der Waals surface area contributed by atoms with Crippen LogP contribution < -0.4 is 5.48 Å². The van der Waals surface area contributed by atoms with Crippen LogP contribution in [0.4, 0.5) is 22.0 Å². The predicted molar refractivity (Wildman–Crippen MR) is 103 cm³/mol. The number of aliphatic hydroxyl groups excluding tert-OH is 1. The van der Waals surface area contributed by atoms with Crippen LogP contribution in [0.1, 0.15) is 22.9 Å². The molecular weight excluding hydrogens is 473 g/mol. The van der Waals surface area contributed by atoms with Crippen LogP contribution in [0, 0.1) is 29.2 Å². The Morgan fingerprint density at radius 3 is 2.09 bits per heavy atom. The first-order valence-electron chi connectivity index (χ1n) is 9.14. The fourth-order valence-corrected chi connectivity index (χ4v) is 4.38. The van der Waals surface area contributed by atoms with E-state index in [1.54, 1.807) is 5.48 Å². The van der Waals surface area contributed by atoms with Gasteiger partial charge < -0.3 is 10.3 Å². The van der Waals surface area contributed by atoms with Gasteiger partial charge in [-0.15, -0.1) is 0 Å². The van der Waals surface area contributed by atoms with E-state index in [9.17, 15) is 35.5 Å². The van der Waals surface area contributed by atoms with Crippen molar-refractivity contribution in [3.63, 3.8) is 0 Å². The maximum atomic E-state index is 14.3. The summed E-state index contributed by atoms with van der Waals surface area (Å²) in [6.07, 6.45) is -0.393. The van der Waals surface area contributed by atoms with Crippen molar-refractivity contribution in [1.29, 1.82) is 0 Å². The summed E-state index contributed by atoms with van der Waals surface area (Å²) < 4.78 is 95.1. The van der Waals surface area contributed by atoms with Gasteiger partial charge in [-0.05, 0) is 22.8 Å². The van der Waals surface area contributed by atoms with Crippen LogP contribution in [0.25, 0.3) is 0 Å². The topological polar surface area (TPSA) is 103 Å². The lowest BCUT2D eigenvalue weighted by Gasteiger charge is -2.23. The van der Waals surface area contributed by atoms with E-state index in [4.69, 9.17) is 5.21 Å². The van der Waals surface area contributed by atoms with E-state index >= 15 is 0 Å². The average molecular weight is 489 g/mol. The molecule has 0 aliphatic carbocycles. The third-order valence-electron chi connectivity index (χ3n) is 4.61. The lowest BCUT2D eigenvalue weighted by Crippen LogP contribution is -2.31. The molecular formula is C20H16F5N3O4S. The Bertz CT molecular complexity index is 1240. The SMILES string of the molecule is O=S(=O)(c1cc(F)c(F)c(F)c1F)N(Cc1ccc(C(O)NO)cc1)Cc1ccc(F)nc1. The minimum absolute atomic E-state index is 0.0331. The monoisotopic (exact) mass is 489 g/mol. The van der Waals surface area contributed by atoms with Gasteiger partial charge in [-0.1, -0.05) is 30.3 Å². The highest BCUT2D eigenvalue weighted by Gasteiger charge is 2.32. The minimum Gasteiger partial charge on any atom is -0.372 e. The first-order valence-corrected chi connectivity index (χ1v) is 10.6. The number of hydrogen-bond donors (Lipinski definition) is 3. The molecule has 7 nitrogen and oxygen atoms in total. The zero-order valence-corrected chi connectivity index (χ0v) is 17.3. The first kappa shape index (κ1) is 24.7. The molecule has 3 rings (SSSR count). The Morgan fingerprint density at radius 2 is 1.52 bits per heavy atom. The number of hydroxylamine groups is 1. The fourth-order valence-electron chi connectivity index (χ4n) is 2.89. The van der Waals surface area contributed by atoms with Crippen molar-refractivity contribution in [2.75, 3.05) is 0 Å². The summed E-state index contributed by atoms with van der Waals surface area (Å²) in [5, 5.41) is 18.3. The van der Waals surface area contributed by atoms with Gasteiger partial charge in [-0.2, -0.15) is 14.2 Å². The van der Waals surface area contributed by atoms with Gasteiger partial charge >= 0.3 is 0 Å². The highest BCUT2D eigenvalue weighted by atomic mass is 32.2. The number of halogens is 5. The molecule has 3 N–H and O–H groups in total. The Balaban J connectivity index is 2.04. The second-order valence-electron chi connectivity index (χ2n) is 6.83. The molecule has 0 aliphatic heterocycles. The molecule has 0 radical (unpaired) electrons. The van der Waals surface area contributed by atoms with Crippen LogP contribution in [0.2, 0.25) is 0 Å². The zero-order chi connectivity index (χ0) is 24.3. The second kappa shape index (κ2) is 9.89. The Labute approximate surface area is 184 Å². The zero-order valence-electron chi connectivity index (χ0n) is 16.5. The Hall–Kier alpha value is -2.97.